The molecular weight excluding hydrogens is 276 g/mol. The highest BCUT2D eigenvalue weighted by atomic mass is 16.6. The number of non-ortho nitro benzene ring substituents is 1. The molecule has 0 saturated heterocycles. The standard InChI is InChI=1S/C13H12N4O4/c1-7-5-10(8(2)16-15-7)13(19)14-11-6-9(17(20)21)3-4-12(11)18/h3-6,18H,1-2H3,(H,14,19). The van der Waals surface area contributed by atoms with E-state index in [1.165, 1.54) is 0 Å². The quantitative estimate of drug-likeness (QED) is 0.506. The van der Waals surface area contributed by atoms with Crippen molar-refractivity contribution in [2.45, 2.75) is 13.8 Å². The zero-order chi connectivity index (χ0) is 15.6. The number of rotatable bonds is 3. The smallest absolute Gasteiger partial charge is 0.271 e. The summed E-state index contributed by atoms with van der Waals surface area (Å²) in [4.78, 5) is 22.3. The van der Waals surface area contributed by atoms with Gasteiger partial charge in [0.2, 0.25) is 0 Å². The zero-order valence-corrected chi connectivity index (χ0v) is 11.3. The van der Waals surface area contributed by atoms with Gasteiger partial charge in [-0.15, -0.1) is 0 Å². The van der Waals surface area contributed by atoms with E-state index in [1.54, 1.807) is 19.9 Å². The van der Waals surface area contributed by atoms with Crippen LogP contribution in [0.4, 0.5) is 11.4 Å². The van der Waals surface area contributed by atoms with Crippen molar-refractivity contribution in [3.63, 3.8) is 0 Å². The molecule has 108 valence electrons. The van der Waals surface area contributed by atoms with E-state index in [0.717, 1.165) is 18.2 Å². The van der Waals surface area contributed by atoms with Crippen molar-refractivity contribution < 1.29 is 14.8 Å². The Kier molecular flexibility index (Phi) is 3.79. The zero-order valence-electron chi connectivity index (χ0n) is 11.3. The van der Waals surface area contributed by atoms with Crippen LogP contribution in [0.1, 0.15) is 21.7 Å². The van der Waals surface area contributed by atoms with Crippen LogP contribution in [0, 0.1) is 24.0 Å². The molecule has 0 atom stereocenters. The van der Waals surface area contributed by atoms with Gasteiger partial charge in [0.25, 0.3) is 11.6 Å². The average molecular weight is 288 g/mol. The first kappa shape index (κ1) is 14.4. The topological polar surface area (TPSA) is 118 Å². The van der Waals surface area contributed by atoms with Gasteiger partial charge in [-0.2, -0.15) is 10.2 Å². The molecule has 0 aliphatic heterocycles. The number of phenols is 1. The van der Waals surface area contributed by atoms with Crippen molar-refractivity contribution in [1.29, 1.82) is 0 Å². The molecule has 1 aromatic heterocycles. The Morgan fingerprint density at radius 2 is 2.00 bits per heavy atom. The summed E-state index contributed by atoms with van der Waals surface area (Å²) in [5.74, 6) is -0.786. The molecule has 8 heteroatoms. The Labute approximate surface area is 119 Å². The molecule has 1 aromatic carbocycles. The van der Waals surface area contributed by atoms with Crippen LogP contribution in [0.3, 0.4) is 0 Å². The van der Waals surface area contributed by atoms with Crippen molar-refractivity contribution in [3.8, 4) is 5.75 Å². The third-order valence-electron chi connectivity index (χ3n) is 2.78. The Bertz CT molecular complexity index is 730. The second-order valence-electron chi connectivity index (χ2n) is 4.40. The van der Waals surface area contributed by atoms with Gasteiger partial charge in [0.1, 0.15) is 5.75 Å². The second-order valence-corrected chi connectivity index (χ2v) is 4.40. The van der Waals surface area contributed by atoms with Crippen LogP contribution in [-0.4, -0.2) is 26.1 Å². The number of hydrogen-bond donors (Lipinski definition) is 2. The number of nitro groups is 1. The number of amides is 1. The molecule has 0 radical (unpaired) electrons. The molecule has 0 aliphatic carbocycles. The Morgan fingerprint density at radius 1 is 1.29 bits per heavy atom. The van der Waals surface area contributed by atoms with Gasteiger partial charge in [0, 0.05) is 12.1 Å². The highest BCUT2D eigenvalue weighted by Crippen LogP contribution is 2.28. The number of aromatic nitrogens is 2. The molecular formula is C13H12N4O4. The van der Waals surface area contributed by atoms with Crippen molar-refractivity contribution in [3.05, 3.63) is 51.3 Å². The van der Waals surface area contributed by atoms with Crippen molar-refractivity contribution in [2.24, 2.45) is 0 Å². The molecule has 1 amide bonds. The van der Waals surface area contributed by atoms with Gasteiger partial charge >= 0.3 is 0 Å². The lowest BCUT2D eigenvalue weighted by molar-refractivity contribution is -0.384. The first-order chi connectivity index (χ1) is 9.88. The summed E-state index contributed by atoms with van der Waals surface area (Å²) < 4.78 is 0. The number of phenolic OH excluding ortho intramolecular Hbond substituents is 1. The van der Waals surface area contributed by atoms with Crippen LogP contribution in [0.2, 0.25) is 0 Å². The highest BCUT2D eigenvalue weighted by Gasteiger charge is 2.16. The lowest BCUT2D eigenvalue weighted by atomic mass is 10.1. The minimum atomic E-state index is -0.613. The summed E-state index contributed by atoms with van der Waals surface area (Å²) in [6, 6.07) is 4.93. The third-order valence-corrected chi connectivity index (χ3v) is 2.78. The molecule has 2 N–H and O–H groups in total. The SMILES string of the molecule is Cc1cc(C(=O)Nc2cc([N+](=O)[O-])ccc2O)c(C)nn1. The Morgan fingerprint density at radius 3 is 2.67 bits per heavy atom. The van der Waals surface area contributed by atoms with Gasteiger partial charge < -0.3 is 10.4 Å². The van der Waals surface area contributed by atoms with Crippen LogP contribution in [0.25, 0.3) is 0 Å². The number of nitrogens with one attached hydrogen (secondary N) is 1. The molecule has 21 heavy (non-hydrogen) atoms. The summed E-state index contributed by atoms with van der Waals surface area (Å²) in [5, 5.41) is 30.5. The fraction of sp³-hybridized carbons (Fsp3) is 0.154. The van der Waals surface area contributed by atoms with Gasteiger partial charge in [-0.05, 0) is 26.0 Å². The number of aromatic hydroxyl groups is 1. The minimum Gasteiger partial charge on any atom is -0.506 e. The lowest BCUT2D eigenvalue weighted by Gasteiger charge is -2.08. The second kappa shape index (κ2) is 5.53. The molecule has 0 spiro atoms. The van der Waals surface area contributed by atoms with Gasteiger partial charge in [-0.3, -0.25) is 14.9 Å². The van der Waals surface area contributed by atoms with E-state index in [-0.39, 0.29) is 22.7 Å². The van der Waals surface area contributed by atoms with E-state index >= 15 is 0 Å². The van der Waals surface area contributed by atoms with Crippen molar-refractivity contribution in [2.75, 3.05) is 5.32 Å². The molecule has 0 unspecified atom stereocenters. The molecule has 8 nitrogen and oxygen atoms in total. The number of nitrogens with zero attached hydrogens (tertiary/aromatic N) is 3. The maximum absolute atomic E-state index is 12.2. The van der Waals surface area contributed by atoms with Crippen LogP contribution in [-0.2, 0) is 0 Å². The Hall–Kier alpha value is -3.03. The minimum absolute atomic E-state index is 0.0388. The summed E-state index contributed by atoms with van der Waals surface area (Å²) in [5.41, 5.74) is 0.998. The fourth-order valence-electron chi connectivity index (χ4n) is 1.71. The first-order valence-corrected chi connectivity index (χ1v) is 5.98. The summed E-state index contributed by atoms with van der Waals surface area (Å²) in [6.07, 6.45) is 0. The summed E-state index contributed by atoms with van der Waals surface area (Å²) in [7, 11) is 0. The van der Waals surface area contributed by atoms with E-state index in [4.69, 9.17) is 0 Å². The number of carbonyl (C=O) groups excluding carboxylic acids is 1. The number of benzene rings is 1. The Balaban J connectivity index is 2.33. The predicted octanol–water partition coefficient (Wildman–Crippen LogP) is 1.96. The van der Waals surface area contributed by atoms with Gasteiger partial charge in [0.05, 0.1) is 27.6 Å². The predicted molar refractivity (Wildman–Crippen MR) is 74.2 cm³/mol. The molecule has 0 aliphatic rings. The summed E-state index contributed by atoms with van der Waals surface area (Å²) >= 11 is 0. The summed E-state index contributed by atoms with van der Waals surface area (Å²) in [6.45, 7) is 3.31. The lowest BCUT2D eigenvalue weighted by Crippen LogP contribution is -2.15. The van der Waals surface area contributed by atoms with E-state index in [1.807, 2.05) is 0 Å². The number of anilines is 1. The molecule has 2 aromatic rings. The molecule has 2 rings (SSSR count). The van der Waals surface area contributed by atoms with Crippen LogP contribution in [0.15, 0.2) is 24.3 Å². The van der Waals surface area contributed by atoms with Crippen molar-refractivity contribution >= 4 is 17.3 Å². The average Bonchev–Trinajstić information content (AvgIpc) is 2.43. The van der Waals surface area contributed by atoms with Crippen LogP contribution >= 0.6 is 0 Å². The van der Waals surface area contributed by atoms with Crippen LogP contribution in [0.5, 0.6) is 5.75 Å². The maximum atomic E-state index is 12.2. The highest BCUT2D eigenvalue weighted by molar-refractivity contribution is 6.05. The molecule has 0 bridgehead atoms. The van der Waals surface area contributed by atoms with E-state index in [9.17, 15) is 20.0 Å². The monoisotopic (exact) mass is 288 g/mol. The maximum Gasteiger partial charge on any atom is 0.271 e. The van der Waals surface area contributed by atoms with Crippen molar-refractivity contribution in [1.82, 2.24) is 10.2 Å². The van der Waals surface area contributed by atoms with E-state index < -0.39 is 10.8 Å². The number of carbonyl (C=O) groups is 1. The van der Waals surface area contributed by atoms with Crippen LogP contribution < -0.4 is 5.32 Å². The third kappa shape index (κ3) is 3.11. The first-order valence-electron chi connectivity index (χ1n) is 5.98. The van der Waals surface area contributed by atoms with Gasteiger partial charge in [0.15, 0.2) is 0 Å². The van der Waals surface area contributed by atoms with E-state index in [0.29, 0.717) is 11.4 Å². The number of nitro benzene ring substituents is 1. The fourth-order valence-corrected chi connectivity index (χ4v) is 1.71. The molecule has 0 saturated carbocycles. The number of hydrogen-bond acceptors (Lipinski definition) is 6. The van der Waals surface area contributed by atoms with E-state index in [2.05, 4.69) is 15.5 Å². The van der Waals surface area contributed by atoms with Gasteiger partial charge in [-0.1, -0.05) is 0 Å². The largest absolute Gasteiger partial charge is 0.506 e. The molecule has 1 heterocycles. The van der Waals surface area contributed by atoms with Gasteiger partial charge in [-0.25, -0.2) is 0 Å². The number of aryl methyl sites for hydroxylation is 2. The normalized spacial score (nSPS) is 10.2. The molecule has 0 fully saturated rings.